The molecule has 4 rings (SSSR count). The Kier molecular flexibility index (Phi) is 4.99. The van der Waals surface area contributed by atoms with Crippen LogP contribution in [-0.4, -0.2) is 64.8 Å². The first-order valence-corrected chi connectivity index (χ1v) is 9.15. The van der Waals surface area contributed by atoms with Crippen LogP contribution in [0.3, 0.4) is 0 Å². The Labute approximate surface area is 164 Å². The van der Waals surface area contributed by atoms with Crippen molar-refractivity contribution in [1.82, 2.24) is 25.2 Å². The maximum Gasteiger partial charge on any atom is 0.405 e. The van der Waals surface area contributed by atoms with Crippen LogP contribution < -0.4 is 10.2 Å². The van der Waals surface area contributed by atoms with Gasteiger partial charge < -0.3 is 20.1 Å². The van der Waals surface area contributed by atoms with Crippen LogP contribution in [0.2, 0.25) is 0 Å². The Bertz CT molecular complexity index is 996. The second-order valence-corrected chi connectivity index (χ2v) is 6.73. The van der Waals surface area contributed by atoms with Gasteiger partial charge in [0.25, 0.3) is 0 Å². The summed E-state index contributed by atoms with van der Waals surface area (Å²) in [5.74, 6) is 0.714. The van der Waals surface area contributed by atoms with Gasteiger partial charge in [-0.2, -0.15) is 13.2 Å². The summed E-state index contributed by atoms with van der Waals surface area (Å²) < 4.78 is 36.8. The molecule has 29 heavy (non-hydrogen) atoms. The SMILES string of the molecule is O=C(NCC(F)(F)F)N1CCN(c2ccnc3nc(-c4ccccc4)[nH]c23)CC1. The molecular formula is C19H19F3N6O. The van der Waals surface area contributed by atoms with Crippen molar-refractivity contribution in [2.75, 3.05) is 37.6 Å². The Morgan fingerprint density at radius 1 is 1.10 bits per heavy atom. The summed E-state index contributed by atoms with van der Waals surface area (Å²) in [5.41, 5.74) is 3.23. The van der Waals surface area contributed by atoms with Crippen LogP contribution >= 0.6 is 0 Å². The van der Waals surface area contributed by atoms with Crippen LogP contribution in [0, 0.1) is 0 Å². The predicted molar refractivity (Wildman–Crippen MR) is 103 cm³/mol. The smallest absolute Gasteiger partial charge is 0.366 e. The fraction of sp³-hybridized carbons (Fsp3) is 0.316. The first-order valence-electron chi connectivity index (χ1n) is 9.15. The number of hydrogen-bond donors (Lipinski definition) is 2. The number of anilines is 1. The maximum atomic E-state index is 12.3. The Morgan fingerprint density at radius 2 is 1.83 bits per heavy atom. The third-order valence-corrected chi connectivity index (χ3v) is 4.76. The number of aromatic nitrogens is 3. The van der Waals surface area contributed by atoms with E-state index in [1.54, 1.807) is 6.20 Å². The zero-order valence-corrected chi connectivity index (χ0v) is 15.4. The monoisotopic (exact) mass is 404 g/mol. The van der Waals surface area contributed by atoms with E-state index in [-0.39, 0.29) is 0 Å². The highest BCUT2D eigenvalue weighted by Crippen LogP contribution is 2.27. The predicted octanol–water partition coefficient (Wildman–Crippen LogP) is 3.02. The molecule has 2 amide bonds. The summed E-state index contributed by atoms with van der Waals surface area (Å²) >= 11 is 0. The second kappa shape index (κ2) is 7.61. The normalized spacial score (nSPS) is 15.0. The number of pyridine rings is 1. The standard InChI is InChI=1S/C19H19F3N6O/c20-19(21,22)12-24-18(29)28-10-8-27(9-11-28)14-6-7-23-17-15(14)25-16(26-17)13-4-2-1-3-5-13/h1-7H,8-12H2,(H,24,29)(H,23,25,26). The minimum Gasteiger partial charge on any atom is -0.366 e. The van der Waals surface area contributed by atoms with E-state index >= 15 is 0 Å². The van der Waals surface area contributed by atoms with Crippen LogP contribution in [-0.2, 0) is 0 Å². The number of amides is 2. The van der Waals surface area contributed by atoms with Gasteiger partial charge in [0.15, 0.2) is 5.65 Å². The highest BCUT2D eigenvalue weighted by Gasteiger charge is 2.30. The van der Waals surface area contributed by atoms with Crippen LogP contribution in [0.1, 0.15) is 0 Å². The van der Waals surface area contributed by atoms with Crippen molar-refractivity contribution in [3.05, 3.63) is 42.6 Å². The van der Waals surface area contributed by atoms with E-state index in [9.17, 15) is 18.0 Å². The van der Waals surface area contributed by atoms with Gasteiger partial charge in [0, 0.05) is 37.9 Å². The lowest BCUT2D eigenvalue weighted by Gasteiger charge is -2.36. The minimum atomic E-state index is -4.42. The van der Waals surface area contributed by atoms with Crippen molar-refractivity contribution in [1.29, 1.82) is 0 Å². The number of nitrogens with zero attached hydrogens (tertiary/aromatic N) is 4. The van der Waals surface area contributed by atoms with Crippen LogP contribution in [0.5, 0.6) is 0 Å². The Morgan fingerprint density at radius 3 is 2.52 bits per heavy atom. The molecule has 1 aliphatic heterocycles. The molecule has 0 atom stereocenters. The van der Waals surface area contributed by atoms with Gasteiger partial charge >= 0.3 is 12.2 Å². The lowest BCUT2D eigenvalue weighted by atomic mass is 10.2. The van der Waals surface area contributed by atoms with E-state index in [0.717, 1.165) is 16.8 Å². The molecule has 1 aliphatic rings. The molecule has 0 spiro atoms. The summed E-state index contributed by atoms with van der Waals surface area (Å²) in [7, 11) is 0. The molecule has 2 aromatic heterocycles. The van der Waals surface area contributed by atoms with Crippen LogP contribution in [0.4, 0.5) is 23.7 Å². The minimum absolute atomic E-state index is 0.327. The maximum absolute atomic E-state index is 12.3. The largest absolute Gasteiger partial charge is 0.405 e. The zero-order chi connectivity index (χ0) is 20.4. The lowest BCUT2D eigenvalue weighted by molar-refractivity contribution is -0.123. The summed E-state index contributed by atoms with van der Waals surface area (Å²) in [6, 6.07) is 10.9. The summed E-state index contributed by atoms with van der Waals surface area (Å²) in [4.78, 5) is 27.6. The van der Waals surface area contributed by atoms with E-state index in [0.29, 0.717) is 37.7 Å². The van der Waals surface area contributed by atoms with Crippen molar-refractivity contribution in [2.45, 2.75) is 6.18 Å². The summed E-state index contributed by atoms with van der Waals surface area (Å²) in [5, 5.41) is 1.92. The van der Waals surface area contributed by atoms with Crippen LogP contribution in [0.25, 0.3) is 22.6 Å². The highest BCUT2D eigenvalue weighted by molar-refractivity contribution is 5.88. The number of halogens is 3. The van der Waals surface area contributed by atoms with E-state index in [1.165, 1.54) is 4.90 Å². The molecule has 152 valence electrons. The number of imidazole rings is 1. The van der Waals surface area contributed by atoms with E-state index in [1.807, 2.05) is 41.7 Å². The van der Waals surface area contributed by atoms with Gasteiger partial charge in [-0.3, -0.25) is 0 Å². The van der Waals surface area contributed by atoms with E-state index < -0.39 is 18.8 Å². The summed E-state index contributed by atoms with van der Waals surface area (Å²) in [6.45, 7) is 0.324. The van der Waals surface area contributed by atoms with E-state index in [2.05, 4.69) is 19.9 Å². The van der Waals surface area contributed by atoms with Crippen molar-refractivity contribution < 1.29 is 18.0 Å². The Balaban J connectivity index is 1.47. The number of H-pyrrole nitrogens is 1. The first-order chi connectivity index (χ1) is 13.9. The fourth-order valence-electron chi connectivity index (χ4n) is 3.33. The van der Waals surface area contributed by atoms with Gasteiger partial charge in [0.1, 0.15) is 17.9 Å². The number of piperazine rings is 1. The zero-order valence-electron chi connectivity index (χ0n) is 15.4. The number of carbonyl (C=O) groups is 1. The average molecular weight is 404 g/mol. The molecule has 0 bridgehead atoms. The molecule has 2 N–H and O–H groups in total. The molecule has 7 nitrogen and oxygen atoms in total. The second-order valence-electron chi connectivity index (χ2n) is 6.73. The molecule has 1 aromatic carbocycles. The van der Waals surface area contributed by atoms with Gasteiger partial charge in [-0.1, -0.05) is 30.3 Å². The van der Waals surface area contributed by atoms with Gasteiger partial charge in [0.05, 0.1) is 5.69 Å². The first kappa shape index (κ1) is 19.0. The molecule has 1 fully saturated rings. The number of benzene rings is 1. The topological polar surface area (TPSA) is 77.2 Å². The van der Waals surface area contributed by atoms with E-state index in [4.69, 9.17) is 0 Å². The van der Waals surface area contributed by atoms with Gasteiger partial charge in [0.2, 0.25) is 0 Å². The number of alkyl halides is 3. The van der Waals surface area contributed by atoms with Gasteiger partial charge in [-0.15, -0.1) is 0 Å². The number of urea groups is 1. The number of aromatic amines is 1. The molecule has 0 radical (unpaired) electrons. The van der Waals surface area contributed by atoms with Crippen molar-refractivity contribution >= 4 is 22.9 Å². The number of carbonyl (C=O) groups excluding carboxylic acids is 1. The average Bonchev–Trinajstić information content (AvgIpc) is 3.17. The molecule has 3 heterocycles. The van der Waals surface area contributed by atoms with Crippen molar-refractivity contribution in [2.24, 2.45) is 0 Å². The number of rotatable bonds is 3. The van der Waals surface area contributed by atoms with Crippen LogP contribution in [0.15, 0.2) is 42.6 Å². The fourth-order valence-corrected chi connectivity index (χ4v) is 3.33. The quantitative estimate of drug-likeness (QED) is 0.704. The van der Waals surface area contributed by atoms with Crippen molar-refractivity contribution in [3.63, 3.8) is 0 Å². The third kappa shape index (κ3) is 4.25. The molecular weight excluding hydrogens is 385 g/mol. The van der Waals surface area contributed by atoms with Crippen molar-refractivity contribution in [3.8, 4) is 11.4 Å². The molecule has 3 aromatic rings. The molecule has 10 heteroatoms. The summed E-state index contributed by atoms with van der Waals surface area (Å²) in [6.07, 6.45) is -2.74. The number of nitrogens with one attached hydrogen (secondary N) is 2. The van der Waals surface area contributed by atoms with Gasteiger partial charge in [-0.05, 0) is 6.07 Å². The third-order valence-electron chi connectivity index (χ3n) is 4.76. The number of fused-ring (bicyclic) bond motifs is 1. The molecule has 0 aliphatic carbocycles. The lowest BCUT2D eigenvalue weighted by Crippen LogP contribution is -2.53. The molecule has 0 unspecified atom stereocenters. The Hall–Kier alpha value is -3.30. The van der Waals surface area contributed by atoms with Gasteiger partial charge in [-0.25, -0.2) is 14.8 Å². The molecule has 0 saturated carbocycles. The molecule has 1 saturated heterocycles. The highest BCUT2D eigenvalue weighted by atomic mass is 19.4. The number of hydrogen-bond acceptors (Lipinski definition) is 4.